The van der Waals surface area contributed by atoms with Crippen molar-refractivity contribution >= 4 is 6.09 Å². The second-order valence-corrected chi connectivity index (χ2v) is 9.11. The molecule has 1 saturated carbocycles. The van der Waals surface area contributed by atoms with Crippen LogP contribution in [0.3, 0.4) is 0 Å². The lowest BCUT2D eigenvalue weighted by molar-refractivity contribution is 0.00280. The van der Waals surface area contributed by atoms with Gasteiger partial charge >= 0.3 is 6.09 Å². The van der Waals surface area contributed by atoms with Gasteiger partial charge < -0.3 is 15.0 Å². The largest absolute Gasteiger partial charge is 0.444 e. The number of rotatable bonds is 3. The highest BCUT2D eigenvalue weighted by molar-refractivity contribution is 5.68. The average molecular weight is 359 g/mol. The predicted octanol–water partition coefficient (Wildman–Crippen LogP) is 4.74. The van der Waals surface area contributed by atoms with E-state index in [1.807, 2.05) is 25.7 Å². The average Bonchev–Trinajstić information content (AvgIpc) is 2.61. The van der Waals surface area contributed by atoms with E-state index >= 15 is 0 Å². The molecule has 26 heavy (non-hydrogen) atoms. The molecule has 1 spiro atoms. The molecule has 0 unspecified atom stereocenters. The van der Waals surface area contributed by atoms with E-state index in [1.165, 1.54) is 31.2 Å². The van der Waals surface area contributed by atoms with Crippen molar-refractivity contribution in [3.05, 3.63) is 35.9 Å². The summed E-state index contributed by atoms with van der Waals surface area (Å²) in [7, 11) is 0. The van der Waals surface area contributed by atoms with Crippen molar-refractivity contribution < 1.29 is 9.53 Å². The highest BCUT2D eigenvalue weighted by Crippen LogP contribution is 2.44. The van der Waals surface area contributed by atoms with Crippen LogP contribution in [0.1, 0.15) is 64.9 Å². The van der Waals surface area contributed by atoms with E-state index in [-0.39, 0.29) is 6.09 Å². The Hall–Kier alpha value is -1.55. The molecule has 1 aromatic carbocycles. The summed E-state index contributed by atoms with van der Waals surface area (Å²) in [5, 5.41) is 3.73. The van der Waals surface area contributed by atoms with Crippen LogP contribution in [-0.2, 0) is 11.3 Å². The van der Waals surface area contributed by atoms with Gasteiger partial charge in [-0.15, -0.1) is 0 Å². The molecule has 3 rings (SSSR count). The van der Waals surface area contributed by atoms with Gasteiger partial charge in [-0.05, 0) is 70.3 Å². The lowest BCUT2D eigenvalue weighted by Gasteiger charge is -2.46. The van der Waals surface area contributed by atoms with E-state index in [1.54, 1.807) is 0 Å². The number of likely N-dealkylation sites (tertiary alicyclic amines) is 1. The molecule has 2 aliphatic rings. The van der Waals surface area contributed by atoms with Gasteiger partial charge in [-0.3, -0.25) is 0 Å². The maximum atomic E-state index is 12.3. The Balaban J connectivity index is 1.41. The van der Waals surface area contributed by atoms with Crippen LogP contribution in [0.25, 0.3) is 0 Å². The summed E-state index contributed by atoms with van der Waals surface area (Å²) in [5.74, 6) is 0. The Morgan fingerprint density at radius 3 is 2.31 bits per heavy atom. The van der Waals surface area contributed by atoms with Gasteiger partial charge in [0.2, 0.25) is 0 Å². The lowest BCUT2D eigenvalue weighted by Crippen LogP contribution is -2.47. The number of piperidine rings is 1. The van der Waals surface area contributed by atoms with Crippen LogP contribution in [0, 0.1) is 5.41 Å². The zero-order valence-corrected chi connectivity index (χ0v) is 16.6. The molecule has 144 valence electrons. The zero-order valence-electron chi connectivity index (χ0n) is 16.6. The van der Waals surface area contributed by atoms with Gasteiger partial charge in [-0.2, -0.15) is 0 Å². The van der Waals surface area contributed by atoms with Gasteiger partial charge in [-0.25, -0.2) is 4.79 Å². The van der Waals surface area contributed by atoms with Crippen LogP contribution in [0.4, 0.5) is 4.79 Å². The second kappa shape index (κ2) is 7.99. The minimum Gasteiger partial charge on any atom is -0.444 e. The van der Waals surface area contributed by atoms with Gasteiger partial charge in [0.25, 0.3) is 0 Å². The minimum atomic E-state index is -0.408. The standard InChI is InChI=1S/C22H34N2O2/c1-21(2,3)26-20(25)24-15-13-22(14-16-24)11-9-19(10-12-22)23-17-18-7-5-4-6-8-18/h4-8,19,23H,9-17H2,1-3H3. The fraction of sp³-hybridized carbons (Fsp3) is 0.682. The summed E-state index contributed by atoms with van der Waals surface area (Å²) in [6, 6.07) is 11.3. The Kier molecular flexibility index (Phi) is 5.91. The first-order valence-corrected chi connectivity index (χ1v) is 10.1. The van der Waals surface area contributed by atoms with Crippen LogP contribution < -0.4 is 5.32 Å². The number of hydrogen-bond donors (Lipinski definition) is 1. The number of nitrogens with zero attached hydrogens (tertiary/aromatic N) is 1. The quantitative estimate of drug-likeness (QED) is 0.849. The van der Waals surface area contributed by atoms with Crippen molar-refractivity contribution in [2.75, 3.05) is 13.1 Å². The first kappa shape index (κ1) is 19.2. The van der Waals surface area contributed by atoms with Gasteiger partial charge in [0.15, 0.2) is 0 Å². The molecule has 4 nitrogen and oxygen atoms in total. The Morgan fingerprint density at radius 1 is 1.12 bits per heavy atom. The molecule has 0 radical (unpaired) electrons. The molecule has 1 aromatic rings. The fourth-order valence-corrected chi connectivity index (χ4v) is 4.28. The first-order valence-electron chi connectivity index (χ1n) is 10.1. The Bertz CT molecular complexity index is 576. The van der Waals surface area contributed by atoms with Gasteiger partial charge in [0, 0.05) is 25.7 Å². The maximum absolute atomic E-state index is 12.3. The topological polar surface area (TPSA) is 41.6 Å². The van der Waals surface area contributed by atoms with Crippen LogP contribution in [0.5, 0.6) is 0 Å². The second-order valence-electron chi connectivity index (χ2n) is 9.11. The van der Waals surface area contributed by atoms with Crippen molar-refractivity contribution in [3.63, 3.8) is 0 Å². The van der Waals surface area contributed by atoms with E-state index in [0.717, 1.165) is 32.5 Å². The smallest absolute Gasteiger partial charge is 0.410 e. The van der Waals surface area contributed by atoms with E-state index in [2.05, 4.69) is 35.6 Å². The van der Waals surface area contributed by atoms with E-state index in [4.69, 9.17) is 4.74 Å². The minimum absolute atomic E-state index is 0.148. The highest BCUT2D eigenvalue weighted by Gasteiger charge is 2.39. The number of carbonyl (C=O) groups is 1. The predicted molar refractivity (Wildman–Crippen MR) is 105 cm³/mol. The number of benzene rings is 1. The number of carbonyl (C=O) groups excluding carboxylic acids is 1. The first-order chi connectivity index (χ1) is 12.4. The molecule has 4 heteroatoms. The Morgan fingerprint density at radius 2 is 1.73 bits per heavy atom. The molecule has 1 aliphatic heterocycles. The third-order valence-corrected chi connectivity index (χ3v) is 5.96. The van der Waals surface area contributed by atoms with Crippen molar-refractivity contribution in [2.45, 2.75) is 77.5 Å². The van der Waals surface area contributed by atoms with Crippen LogP contribution in [-0.4, -0.2) is 35.7 Å². The molecule has 0 aromatic heterocycles. The summed E-state index contributed by atoms with van der Waals surface area (Å²) in [5.41, 5.74) is 1.40. The van der Waals surface area contributed by atoms with Crippen molar-refractivity contribution in [1.82, 2.24) is 10.2 Å². The number of amides is 1. The fourth-order valence-electron chi connectivity index (χ4n) is 4.28. The highest BCUT2D eigenvalue weighted by atomic mass is 16.6. The van der Waals surface area contributed by atoms with Crippen molar-refractivity contribution in [2.24, 2.45) is 5.41 Å². The monoisotopic (exact) mass is 358 g/mol. The molecule has 1 aliphatic carbocycles. The molecule has 2 fully saturated rings. The molecular formula is C22H34N2O2. The molecule has 1 saturated heterocycles. The van der Waals surface area contributed by atoms with Crippen LogP contribution >= 0.6 is 0 Å². The number of ether oxygens (including phenoxy) is 1. The SMILES string of the molecule is CC(C)(C)OC(=O)N1CCC2(CCC(NCc3ccccc3)CC2)CC1. The molecule has 0 bridgehead atoms. The van der Waals surface area contributed by atoms with E-state index < -0.39 is 5.60 Å². The zero-order chi connectivity index (χ0) is 18.6. The van der Waals surface area contributed by atoms with Crippen molar-refractivity contribution in [3.8, 4) is 0 Å². The van der Waals surface area contributed by atoms with E-state index in [9.17, 15) is 4.79 Å². The van der Waals surface area contributed by atoms with Gasteiger partial charge in [-0.1, -0.05) is 30.3 Å². The normalized spacial score (nSPS) is 21.0. The van der Waals surface area contributed by atoms with Gasteiger partial charge in [0.05, 0.1) is 0 Å². The summed E-state index contributed by atoms with van der Waals surface area (Å²) in [4.78, 5) is 14.1. The summed E-state index contributed by atoms with van der Waals surface area (Å²) < 4.78 is 5.52. The third-order valence-electron chi connectivity index (χ3n) is 5.96. The molecule has 1 heterocycles. The summed E-state index contributed by atoms with van der Waals surface area (Å²) >= 11 is 0. The molecule has 1 amide bonds. The van der Waals surface area contributed by atoms with E-state index in [0.29, 0.717) is 11.5 Å². The van der Waals surface area contributed by atoms with Crippen LogP contribution in [0.2, 0.25) is 0 Å². The number of nitrogens with one attached hydrogen (secondary N) is 1. The third kappa shape index (κ3) is 5.23. The van der Waals surface area contributed by atoms with Crippen LogP contribution in [0.15, 0.2) is 30.3 Å². The Labute approximate surface area is 158 Å². The molecular weight excluding hydrogens is 324 g/mol. The molecule has 1 N–H and O–H groups in total. The summed E-state index contributed by atoms with van der Waals surface area (Å²) in [6.45, 7) is 8.44. The number of hydrogen-bond acceptors (Lipinski definition) is 3. The maximum Gasteiger partial charge on any atom is 0.410 e. The molecule has 0 atom stereocenters. The lowest BCUT2D eigenvalue weighted by atomic mass is 9.67. The van der Waals surface area contributed by atoms with Gasteiger partial charge in [0.1, 0.15) is 5.60 Å². The summed E-state index contributed by atoms with van der Waals surface area (Å²) in [6.07, 6.45) is 7.16. The van der Waals surface area contributed by atoms with Crippen molar-refractivity contribution in [1.29, 1.82) is 0 Å².